The van der Waals surface area contributed by atoms with E-state index in [9.17, 15) is 4.39 Å². The predicted octanol–water partition coefficient (Wildman–Crippen LogP) is 3.16. The summed E-state index contributed by atoms with van der Waals surface area (Å²) in [4.78, 5) is 8.53. The molecule has 0 saturated heterocycles. The van der Waals surface area contributed by atoms with Crippen molar-refractivity contribution >= 4 is 11.8 Å². The first-order valence-corrected chi connectivity index (χ1v) is 6.40. The molecular formula is C13H9FN4S. The number of nitrogens with zero attached hydrogens (tertiary/aromatic N) is 3. The van der Waals surface area contributed by atoms with Gasteiger partial charge in [0.2, 0.25) is 5.16 Å². The lowest BCUT2D eigenvalue weighted by atomic mass is 10.2. The standard InChI is InChI=1S/C13H9FN4S/c14-10-6-4-9(5-7-10)12-16-13(18-17-12)19-11-3-1-2-8-15-11/h1-8H,(H,16,17,18). The maximum absolute atomic E-state index is 12.8. The third-order valence-corrected chi connectivity index (χ3v) is 3.23. The second-order valence-electron chi connectivity index (χ2n) is 3.74. The molecule has 0 atom stereocenters. The second-order valence-corrected chi connectivity index (χ2v) is 4.73. The fraction of sp³-hybridized carbons (Fsp3) is 0. The topological polar surface area (TPSA) is 54.5 Å². The van der Waals surface area contributed by atoms with Crippen molar-refractivity contribution in [3.8, 4) is 11.4 Å². The largest absolute Gasteiger partial charge is 0.258 e. The minimum Gasteiger partial charge on any atom is -0.258 e. The molecule has 4 nitrogen and oxygen atoms in total. The average Bonchev–Trinajstić information content (AvgIpc) is 2.89. The molecule has 0 aliphatic carbocycles. The van der Waals surface area contributed by atoms with E-state index in [-0.39, 0.29) is 5.82 Å². The molecule has 0 unspecified atom stereocenters. The Balaban J connectivity index is 1.82. The zero-order chi connectivity index (χ0) is 13.1. The summed E-state index contributed by atoms with van der Waals surface area (Å²) in [6.45, 7) is 0. The van der Waals surface area contributed by atoms with Crippen molar-refractivity contribution in [3.05, 3.63) is 54.5 Å². The summed E-state index contributed by atoms with van der Waals surface area (Å²) in [5.41, 5.74) is 0.793. The number of nitrogens with one attached hydrogen (secondary N) is 1. The highest BCUT2D eigenvalue weighted by atomic mass is 32.2. The van der Waals surface area contributed by atoms with Crippen molar-refractivity contribution in [1.29, 1.82) is 0 Å². The van der Waals surface area contributed by atoms with Gasteiger partial charge < -0.3 is 0 Å². The van der Waals surface area contributed by atoms with Crippen LogP contribution in [0.15, 0.2) is 58.8 Å². The highest BCUT2D eigenvalue weighted by molar-refractivity contribution is 7.99. The summed E-state index contributed by atoms with van der Waals surface area (Å²) in [5.74, 6) is 0.338. The lowest BCUT2D eigenvalue weighted by Gasteiger charge is -1.95. The monoisotopic (exact) mass is 272 g/mol. The number of aromatic amines is 1. The number of benzene rings is 1. The molecule has 2 aromatic heterocycles. The molecule has 1 aromatic carbocycles. The van der Waals surface area contributed by atoms with Crippen molar-refractivity contribution < 1.29 is 4.39 Å². The second kappa shape index (κ2) is 5.19. The smallest absolute Gasteiger partial charge is 0.215 e. The van der Waals surface area contributed by atoms with Crippen LogP contribution in [0.25, 0.3) is 11.4 Å². The Bertz CT molecular complexity index is 667. The van der Waals surface area contributed by atoms with Crippen LogP contribution in [0.5, 0.6) is 0 Å². The quantitative estimate of drug-likeness (QED) is 0.795. The molecule has 0 spiro atoms. The van der Waals surface area contributed by atoms with Crippen molar-refractivity contribution in [1.82, 2.24) is 20.2 Å². The van der Waals surface area contributed by atoms with Gasteiger partial charge in [-0.05, 0) is 48.2 Å². The van der Waals surface area contributed by atoms with Gasteiger partial charge in [0.15, 0.2) is 5.82 Å². The summed E-state index contributed by atoms with van der Waals surface area (Å²) in [7, 11) is 0. The van der Waals surface area contributed by atoms with E-state index >= 15 is 0 Å². The van der Waals surface area contributed by atoms with Crippen LogP contribution in [-0.4, -0.2) is 20.2 Å². The molecule has 3 rings (SSSR count). The molecule has 0 fully saturated rings. The number of hydrogen-bond donors (Lipinski definition) is 1. The van der Waals surface area contributed by atoms with Crippen molar-refractivity contribution in [2.45, 2.75) is 10.2 Å². The van der Waals surface area contributed by atoms with Gasteiger partial charge in [0.05, 0.1) is 0 Å². The van der Waals surface area contributed by atoms with Crippen molar-refractivity contribution in [2.24, 2.45) is 0 Å². The molecule has 1 N–H and O–H groups in total. The van der Waals surface area contributed by atoms with E-state index in [1.807, 2.05) is 18.2 Å². The number of rotatable bonds is 3. The summed E-state index contributed by atoms with van der Waals surface area (Å²) < 4.78 is 12.8. The van der Waals surface area contributed by atoms with E-state index in [2.05, 4.69) is 20.2 Å². The summed E-state index contributed by atoms with van der Waals surface area (Å²) in [6.07, 6.45) is 1.72. The Hall–Kier alpha value is -2.21. The lowest BCUT2D eigenvalue weighted by molar-refractivity contribution is 0.628. The van der Waals surface area contributed by atoms with E-state index in [4.69, 9.17) is 0 Å². The molecule has 0 amide bonds. The van der Waals surface area contributed by atoms with Gasteiger partial charge in [-0.15, -0.1) is 5.10 Å². The lowest BCUT2D eigenvalue weighted by Crippen LogP contribution is -1.81. The fourth-order valence-corrected chi connectivity index (χ4v) is 2.21. The Kier molecular flexibility index (Phi) is 3.24. The molecule has 94 valence electrons. The fourth-order valence-electron chi connectivity index (χ4n) is 1.53. The molecule has 0 radical (unpaired) electrons. The minimum atomic E-state index is -0.272. The third kappa shape index (κ3) is 2.79. The number of hydrogen-bond acceptors (Lipinski definition) is 4. The molecule has 19 heavy (non-hydrogen) atoms. The van der Waals surface area contributed by atoms with Gasteiger partial charge in [-0.25, -0.2) is 14.4 Å². The molecule has 0 aliphatic rings. The Morgan fingerprint density at radius 2 is 1.89 bits per heavy atom. The normalized spacial score (nSPS) is 10.6. The van der Waals surface area contributed by atoms with Gasteiger partial charge in [0.25, 0.3) is 0 Å². The van der Waals surface area contributed by atoms with Crippen LogP contribution in [0.3, 0.4) is 0 Å². The van der Waals surface area contributed by atoms with Crippen LogP contribution < -0.4 is 0 Å². The van der Waals surface area contributed by atoms with Crippen molar-refractivity contribution in [2.75, 3.05) is 0 Å². The minimum absolute atomic E-state index is 0.272. The van der Waals surface area contributed by atoms with Crippen LogP contribution in [0, 0.1) is 5.82 Å². The molecule has 0 aliphatic heterocycles. The number of aromatic nitrogens is 4. The first-order valence-electron chi connectivity index (χ1n) is 5.58. The summed E-state index contributed by atoms with van der Waals surface area (Å²) >= 11 is 1.37. The van der Waals surface area contributed by atoms with E-state index < -0.39 is 0 Å². The zero-order valence-corrected chi connectivity index (χ0v) is 10.6. The van der Waals surface area contributed by atoms with Gasteiger partial charge in [-0.2, -0.15) is 0 Å². The molecular weight excluding hydrogens is 263 g/mol. The maximum atomic E-state index is 12.8. The summed E-state index contributed by atoms with van der Waals surface area (Å²) in [5, 5.41) is 8.34. The number of halogens is 1. The van der Waals surface area contributed by atoms with E-state index in [1.165, 1.54) is 23.9 Å². The Morgan fingerprint density at radius 1 is 1.05 bits per heavy atom. The Labute approximate surface area is 113 Å². The van der Waals surface area contributed by atoms with Gasteiger partial charge in [-0.1, -0.05) is 6.07 Å². The van der Waals surface area contributed by atoms with Gasteiger partial charge in [0.1, 0.15) is 10.8 Å². The van der Waals surface area contributed by atoms with Gasteiger partial charge in [0, 0.05) is 11.8 Å². The Morgan fingerprint density at radius 3 is 2.63 bits per heavy atom. The molecule has 2 heterocycles. The van der Waals surface area contributed by atoms with Crippen LogP contribution in [0.4, 0.5) is 4.39 Å². The van der Waals surface area contributed by atoms with Crippen LogP contribution in [-0.2, 0) is 0 Å². The summed E-state index contributed by atoms with van der Waals surface area (Å²) in [6, 6.07) is 11.7. The average molecular weight is 272 g/mol. The van der Waals surface area contributed by atoms with E-state index in [1.54, 1.807) is 18.3 Å². The molecule has 0 bridgehead atoms. The van der Waals surface area contributed by atoms with Crippen LogP contribution in [0.2, 0.25) is 0 Å². The molecule has 6 heteroatoms. The van der Waals surface area contributed by atoms with Gasteiger partial charge in [-0.3, -0.25) is 5.10 Å². The van der Waals surface area contributed by atoms with Crippen LogP contribution in [0.1, 0.15) is 0 Å². The molecule has 3 aromatic rings. The first kappa shape index (κ1) is 11.9. The molecule has 0 saturated carbocycles. The van der Waals surface area contributed by atoms with E-state index in [0.717, 1.165) is 10.6 Å². The highest BCUT2D eigenvalue weighted by Gasteiger charge is 2.07. The maximum Gasteiger partial charge on any atom is 0.215 e. The SMILES string of the molecule is Fc1ccc(-c2nc(Sc3ccccn3)n[nH]2)cc1. The number of pyridine rings is 1. The first-order chi connectivity index (χ1) is 9.31. The van der Waals surface area contributed by atoms with E-state index in [0.29, 0.717) is 11.0 Å². The zero-order valence-electron chi connectivity index (χ0n) is 9.75. The predicted molar refractivity (Wildman–Crippen MR) is 70.1 cm³/mol. The number of H-pyrrole nitrogens is 1. The van der Waals surface area contributed by atoms with Crippen molar-refractivity contribution in [3.63, 3.8) is 0 Å². The van der Waals surface area contributed by atoms with Crippen LogP contribution >= 0.6 is 11.8 Å². The third-order valence-electron chi connectivity index (χ3n) is 2.42. The highest BCUT2D eigenvalue weighted by Crippen LogP contribution is 2.24. The van der Waals surface area contributed by atoms with Gasteiger partial charge >= 0.3 is 0 Å².